The number of aliphatic hydroxyl groups is 1. The van der Waals surface area contributed by atoms with Gasteiger partial charge in [0.1, 0.15) is 0 Å². The SMILES string of the molecule is COCCC(N)C(=O)N1CCCCC1CC(C)O. The van der Waals surface area contributed by atoms with E-state index < -0.39 is 6.04 Å². The van der Waals surface area contributed by atoms with Crippen molar-refractivity contribution in [2.45, 2.75) is 57.2 Å². The molecule has 0 spiro atoms. The zero-order valence-electron chi connectivity index (χ0n) is 11.5. The summed E-state index contributed by atoms with van der Waals surface area (Å²) in [5.74, 6) is -0.00241. The number of carbonyl (C=O) groups excluding carboxylic acids is 1. The van der Waals surface area contributed by atoms with Gasteiger partial charge in [-0.1, -0.05) is 0 Å². The number of rotatable bonds is 6. The molecule has 0 aromatic heterocycles. The molecule has 0 aromatic carbocycles. The Balaban J connectivity index is 2.56. The van der Waals surface area contributed by atoms with Crippen LogP contribution < -0.4 is 5.73 Å². The second-order valence-corrected chi connectivity index (χ2v) is 5.15. The average molecular weight is 258 g/mol. The van der Waals surface area contributed by atoms with E-state index in [1.54, 1.807) is 14.0 Å². The number of hydrogen-bond donors (Lipinski definition) is 2. The molecule has 1 amide bonds. The highest BCUT2D eigenvalue weighted by Gasteiger charge is 2.30. The normalized spacial score (nSPS) is 23.8. The van der Waals surface area contributed by atoms with Gasteiger partial charge in [-0.2, -0.15) is 0 Å². The molecule has 5 heteroatoms. The predicted octanol–water partition coefficient (Wildman–Crippen LogP) is 0.502. The fraction of sp³-hybridized carbons (Fsp3) is 0.923. The van der Waals surface area contributed by atoms with Gasteiger partial charge in [-0.15, -0.1) is 0 Å². The van der Waals surface area contributed by atoms with Gasteiger partial charge in [-0.05, 0) is 39.0 Å². The number of ether oxygens (including phenoxy) is 1. The lowest BCUT2D eigenvalue weighted by Crippen LogP contribution is -2.51. The van der Waals surface area contributed by atoms with E-state index in [0.717, 1.165) is 25.8 Å². The van der Waals surface area contributed by atoms with Gasteiger partial charge in [-0.3, -0.25) is 4.79 Å². The maximum absolute atomic E-state index is 12.3. The molecule has 1 aliphatic heterocycles. The average Bonchev–Trinajstić information content (AvgIpc) is 2.35. The first-order chi connectivity index (χ1) is 8.56. The van der Waals surface area contributed by atoms with Crippen LogP contribution in [0.2, 0.25) is 0 Å². The van der Waals surface area contributed by atoms with Crippen LogP contribution in [0.4, 0.5) is 0 Å². The summed E-state index contributed by atoms with van der Waals surface area (Å²) in [6.45, 7) is 3.03. The first-order valence-electron chi connectivity index (χ1n) is 6.79. The third kappa shape index (κ3) is 4.55. The molecule has 3 N–H and O–H groups in total. The molecule has 0 bridgehead atoms. The van der Waals surface area contributed by atoms with Crippen molar-refractivity contribution in [1.82, 2.24) is 4.90 Å². The second-order valence-electron chi connectivity index (χ2n) is 5.15. The minimum Gasteiger partial charge on any atom is -0.393 e. The Morgan fingerprint density at radius 3 is 2.89 bits per heavy atom. The molecule has 18 heavy (non-hydrogen) atoms. The maximum atomic E-state index is 12.3. The monoisotopic (exact) mass is 258 g/mol. The molecule has 1 heterocycles. The van der Waals surface area contributed by atoms with E-state index in [2.05, 4.69) is 0 Å². The molecule has 0 saturated carbocycles. The van der Waals surface area contributed by atoms with E-state index in [1.165, 1.54) is 0 Å². The Kier molecular flexibility index (Phi) is 6.60. The Bertz CT molecular complexity index is 259. The van der Waals surface area contributed by atoms with Gasteiger partial charge >= 0.3 is 0 Å². The van der Waals surface area contributed by atoms with Gasteiger partial charge in [0.25, 0.3) is 0 Å². The Hall–Kier alpha value is -0.650. The predicted molar refractivity (Wildman–Crippen MR) is 70.1 cm³/mol. The number of amides is 1. The van der Waals surface area contributed by atoms with Crippen LogP contribution in [0.5, 0.6) is 0 Å². The summed E-state index contributed by atoms with van der Waals surface area (Å²) in [4.78, 5) is 14.1. The van der Waals surface area contributed by atoms with Crippen molar-refractivity contribution >= 4 is 5.91 Å². The summed E-state index contributed by atoms with van der Waals surface area (Å²) in [5.41, 5.74) is 5.89. The van der Waals surface area contributed by atoms with Crippen LogP contribution in [0.1, 0.15) is 39.0 Å². The third-order valence-corrected chi connectivity index (χ3v) is 3.47. The van der Waals surface area contributed by atoms with Crippen molar-refractivity contribution in [3.05, 3.63) is 0 Å². The molecule has 0 aromatic rings. The van der Waals surface area contributed by atoms with E-state index >= 15 is 0 Å². The molecule has 1 fully saturated rings. The summed E-state index contributed by atoms with van der Waals surface area (Å²) in [5, 5.41) is 9.49. The van der Waals surface area contributed by atoms with Crippen LogP contribution in [0.25, 0.3) is 0 Å². The minimum atomic E-state index is -0.487. The molecule has 5 nitrogen and oxygen atoms in total. The van der Waals surface area contributed by atoms with Gasteiger partial charge in [0.2, 0.25) is 5.91 Å². The molecule has 1 aliphatic rings. The second kappa shape index (κ2) is 7.71. The molecule has 0 radical (unpaired) electrons. The van der Waals surface area contributed by atoms with Crippen molar-refractivity contribution in [1.29, 1.82) is 0 Å². The van der Waals surface area contributed by atoms with Gasteiger partial charge in [0.15, 0.2) is 0 Å². The number of aliphatic hydroxyl groups excluding tert-OH is 1. The summed E-state index contributed by atoms with van der Waals surface area (Å²) >= 11 is 0. The lowest BCUT2D eigenvalue weighted by atomic mass is 9.96. The standard InChI is InChI=1S/C13H26N2O3/c1-10(16)9-11-5-3-4-7-15(11)13(17)12(14)6-8-18-2/h10-12,16H,3-9,14H2,1-2H3. The van der Waals surface area contributed by atoms with Gasteiger partial charge < -0.3 is 20.5 Å². The lowest BCUT2D eigenvalue weighted by molar-refractivity contribution is -0.137. The maximum Gasteiger partial charge on any atom is 0.239 e. The zero-order chi connectivity index (χ0) is 13.5. The smallest absolute Gasteiger partial charge is 0.239 e. The van der Waals surface area contributed by atoms with Crippen LogP contribution in [-0.4, -0.2) is 54.4 Å². The van der Waals surface area contributed by atoms with Crippen LogP contribution >= 0.6 is 0 Å². The van der Waals surface area contributed by atoms with Crippen LogP contribution in [0, 0.1) is 0 Å². The van der Waals surface area contributed by atoms with Crippen molar-refractivity contribution in [3.63, 3.8) is 0 Å². The Morgan fingerprint density at radius 2 is 2.28 bits per heavy atom. The fourth-order valence-corrected chi connectivity index (χ4v) is 2.51. The number of hydrogen-bond acceptors (Lipinski definition) is 4. The number of nitrogens with zero attached hydrogens (tertiary/aromatic N) is 1. The zero-order valence-corrected chi connectivity index (χ0v) is 11.5. The van der Waals surface area contributed by atoms with E-state index in [0.29, 0.717) is 19.4 Å². The quantitative estimate of drug-likeness (QED) is 0.727. The number of methoxy groups -OCH3 is 1. The van der Waals surface area contributed by atoms with E-state index in [1.807, 2.05) is 4.90 Å². The van der Waals surface area contributed by atoms with Crippen LogP contribution in [0.15, 0.2) is 0 Å². The number of nitrogens with two attached hydrogens (primary N) is 1. The summed E-state index contributed by atoms with van der Waals surface area (Å²) in [6.07, 6.45) is 3.93. The highest BCUT2D eigenvalue weighted by Crippen LogP contribution is 2.21. The third-order valence-electron chi connectivity index (χ3n) is 3.47. The summed E-state index contributed by atoms with van der Waals surface area (Å²) in [7, 11) is 1.61. The highest BCUT2D eigenvalue weighted by atomic mass is 16.5. The molecular weight excluding hydrogens is 232 g/mol. The molecule has 3 unspecified atom stereocenters. The topological polar surface area (TPSA) is 75.8 Å². The van der Waals surface area contributed by atoms with E-state index in [-0.39, 0.29) is 18.1 Å². The van der Waals surface area contributed by atoms with Gasteiger partial charge in [-0.25, -0.2) is 0 Å². The Labute approximate surface area is 109 Å². The van der Waals surface area contributed by atoms with E-state index in [4.69, 9.17) is 10.5 Å². The summed E-state index contributed by atoms with van der Waals surface area (Å²) in [6, 6.07) is -0.348. The van der Waals surface area contributed by atoms with Crippen LogP contribution in [0.3, 0.4) is 0 Å². The van der Waals surface area contributed by atoms with Gasteiger partial charge in [0.05, 0.1) is 12.1 Å². The first-order valence-corrected chi connectivity index (χ1v) is 6.79. The minimum absolute atomic E-state index is 0.00241. The molecule has 0 aliphatic carbocycles. The first kappa shape index (κ1) is 15.4. The number of likely N-dealkylation sites (tertiary alicyclic amines) is 1. The van der Waals surface area contributed by atoms with Crippen molar-refractivity contribution in [3.8, 4) is 0 Å². The lowest BCUT2D eigenvalue weighted by Gasteiger charge is -2.38. The molecule has 106 valence electrons. The largest absolute Gasteiger partial charge is 0.393 e. The number of piperidine rings is 1. The van der Waals surface area contributed by atoms with E-state index in [9.17, 15) is 9.90 Å². The number of carbonyl (C=O) groups is 1. The van der Waals surface area contributed by atoms with Crippen LogP contribution in [-0.2, 0) is 9.53 Å². The molecule has 3 atom stereocenters. The van der Waals surface area contributed by atoms with Crippen molar-refractivity contribution in [2.24, 2.45) is 5.73 Å². The van der Waals surface area contributed by atoms with Crippen molar-refractivity contribution < 1.29 is 14.6 Å². The molecule has 1 saturated heterocycles. The van der Waals surface area contributed by atoms with Gasteiger partial charge in [0, 0.05) is 26.3 Å². The Morgan fingerprint density at radius 1 is 1.56 bits per heavy atom. The molecular formula is C13H26N2O3. The highest BCUT2D eigenvalue weighted by molar-refractivity contribution is 5.82. The van der Waals surface area contributed by atoms with Crippen molar-refractivity contribution in [2.75, 3.05) is 20.3 Å². The molecule has 1 rings (SSSR count). The summed E-state index contributed by atoms with van der Waals surface area (Å²) < 4.78 is 4.95. The fourth-order valence-electron chi connectivity index (χ4n) is 2.51.